The van der Waals surface area contributed by atoms with Gasteiger partial charge in [0.1, 0.15) is 24.4 Å². The van der Waals surface area contributed by atoms with E-state index in [0.717, 1.165) is 24.5 Å². The minimum atomic E-state index is -4.35. The van der Waals surface area contributed by atoms with Gasteiger partial charge in [0.25, 0.3) is 0 Å². The Bertz CT molecular complexity index is 832. The lowest BCUT2D eigenvalue weighted by atomic mass is 10.1. The van der Waals surface area contributed by atoms with Gasteiger partial charge in [0, 0.05) is 12.1 Å². The zero-order valence-electron chi connectivity index (χ0n) is 13.8. The summed E-state index contributed by atoms with van der Waals surface area (Å²) in [5.74, 6) is 1.18. The van der Waals surface area contributed by atoms with E-state index in [0.29, 0.717) is 23.7 Å². The van der Waals surface area contributed by atoms with Gasteiger partial charge in [0.15, 0.2) is 0 Å². The molecule has 2 heterocycles. The number of benzene rings is 1. The fourth-order valence-electron chi connectivity index (χ4n) is 2.39. The maximum Gasteiger partial charge on any atom is 0.416 e. The van der Waals surface area contributed by atoms with E-state index in [1.165, 1.54) is 18.5 Å². The summed E-state index contributed by atoms with van der Waals surface area (Å²) in [6.07, 6.45) is -1.18. The molecular weight excluding hydrogens is 333 g/mol. The van der Waals surface area contributed by atoms with Crippen LogP contribution in [0.5, 0.6) is 0 Å². The number of alkyl halides is 3. The van der Waals surface area contributed by atoms with Gasteiger partial charge in [0.2, 0.25) is 0 Å². The van der Waals surface area contributed by atoms with Crippen LogP contribution in [0.2, 0.25) is 0 Å². The second-order valence-corrected chi connectivity index (χ2v) is 6.13. The van der Waals surface area contributed by atoms with Crippen LogP contribution in [0.3, 0.4) is 0 Å². The summed E-state index contributed by atoms with van der Waals surface area (Å²) in [6, 6.07) is 4.85. The van der Waals surface area contributed by atoms with Crippen molar-refractivity contribution >= 4 is 0 Å². The lowest BCUT2D eigenvalue weighted by molar-refractivity contribution is -0.137. The van der Waals surface area contributed by atoms with Crippen LogP contribution < -0.4 is 0 Å². The molecule has 0 N–H and O–H groups in total. The van der Waals surface area contributed by atoms with E-state index in [1.54, 1.807) is 10.9 Å². The van der Waals surface area contributed by atoms with Gasteiger partial charge in [-0.3, -0.25) is 0 Å². The number of aromatic nitrogens is 6. The van der Waals surface area contributed by atoms with Gasteiger partial charge in [-0.1, -0.05) is 31.2 Å². The minimum absolute atomic E-state index is 0.389. The van der Waals surface area contributed by atoms with Gasteiger partial charge >= 0.3 is 6.18 Å². The lowest BCUT2D eigenvalue weighted by Crippen LogP contribution is -2.13. The molecule has 0 atom stereocenters. The van der Waals surface area contributed by atoms with Crippen molar-refractivity contribution in [3.05, 3.63) is 48.2 Å². The molecule has 0 aliphatic heterocycles. The molecule has 0 saturated heterocycles. The van der Waals surface area contributed by atoms with Gasteiger partial charge in [-0.15, -0.1) is 5.10 Å². The van der Waals surface area contributed by atoms with Crippen molar-refractivity contribution < 1.29 is 13.2 Å². The molecule has 0 saturated carbocycles. The summed E-state index contributed by atoms with van der Waals surface area (Å²) in [5.41, 5.74) is 0.386. The molecule has 3 rings (SSSR count). The molecule has 0 spiro atoms. The average Bonchev–Trinajstić information content (AvgIpc) is 3.17. The van der Waals surface area contributed by atoms with Crippen molar-refractivity contribution in [1.82, 2.24) is 29.8 Å². The Morgan fingerprint density at radius 3 is 2.48 bits per heavy atom. The fourth-order valence-corrected chi connectivity index (χ4v) is 2.39. The van der Waals surface area contributed by atoms with Gasteiger partial charge in [-0.25, -0.2) is 14.3 Å². The molecule has 0 fully saturated rings. The quantitative estimate of drug-likeness (QED) is 0.709. The zero-order chi connectivity index (χ0) is 18.0. The maximum atomic E-state index is 12.6. The molecule has 1 aromatic carbocycles. The Balaban J connectivity index is 1.76. The summed E-state index contributed by atoms with van der Waals surface area (Å²) < 4.78 is 41.3. The van der Waals surface area contributed by atoms with Gasteiger partial charge in [-0.2, -0.15) is 18.3 Å². The molecule has 3 aromatic rings. The highest BCUT2D eigenvalue weighted by Gasteiger charge is 2.30. The Morgan fingerprint density at radius 2 is 1.84 bits per heavy atom. The van der Waals surface area contributed by atoms with Crippen LogP contribution in [0.1, 0.15) is 25.2 Å². The fraction of sp³-hybridized carbons (Fsp3) is 0.375. The normalized spacial score (nSPS) is 12.1. The topological polar surface area (TPSA) is 61.4 Å². The highest BCUT2D eigenvalue weighted by molar-refractivity contribution is 5.58. The largest absolute Gasteiger partial charge is 0.416 e. The van der Waals surface area contributed by atoms with Gasteiger partial charge < -0.3 is 0 Å². The Labute approximate surface area is 142 Å². The number of halogens is 3. The molecule has 0 unspecified atom stereocenters. The molecule has 0 bridgehead atoms. The first-order valence-electron chi connectivity index (χ1n) is 7.77. The second-order valence-electron chi connectivity index (χ2n) is 6.13. The number of rotatable bonds is 5. The average molecular weight is 350 g/mol. The van der Waals surface area contributed by atoms with E-state index in [9.17, 15) is 13.2 Å². The molecule has 2 aromatic heterocycles. The molecule has 0 aliphatic carbocycles. The first-order valence-corrected chi connectivity index (χ1v) is 7.77. The van der Waals surface area contributed by atoms with Crippen LogP contribution in [-0.4, -0.2) is 29.8 Å². The van der Waals surface area contributed by atoms with Gasteiger partial charge in [-0.05, 0) is 18.1 Å². The van der Waals surface area contributed by atoms with E-state index in [4.69, 9.17) is 0 Å². The van der Waals surface area contributed by atoms with Crippen LogP contribution in [0.4, 0.5) is 13.2 Å². The Morgan fingerprint density at radius 1 is 1.12 bits per heavy atom. The zero-order valence-corrected chi connectivity index (χ0v) is 13.8. The van der Waals surface area contributed by atoms with E-state index in [-0.39, 0.29) is 0 Å². The van der Waals surface area contributed by atoms with E-state index < -0.39 is 11.7 Å². The molecule has 6 nitrogen and oxygen atoms in total. The van der Waals surface area contributed by atoms with Crippen molar-refractivity contribution in [1.29, 1.82) is 0 Å². The van der Waals surface area contributed by atoms with Crippen LogP contribution in [0.15, 0.2) is 36.8 Å². The van der Waals surface area contributed by atoms with Crippen molar-refractivity contribution in [3.8, 4) is 11.3 Å². The van der Waals surface area contributed by atoms with Crippen LogP contribution >= 0.6 is 0 Å². The predicted molar refractivity (Wildman–Crippen MR) is 84.4 cm³/mol. The molecule has 132 valence electrons. The SMILES string of the molecule is CC(C)Cn1ncnc1Cn1cc(-c2ccc(C(F)(F)F)cc2)nn1. The highest BCUT2D eigenvalue weighted by Crippen LogP contribution is 2.30. The third-order valence-electron chi connectivity index (χ3n) is 3.58. The summed E-state index contributed by atoms with van der Waals surface area (Å²) >= 11 is 0. The molecule has 0 radical (unpaired) electrons. The van der Waals surface area contributed by atoms with E-state index >= 15 is 0 Å². The second kappa shape index (κ2) is 6.66. The summed E-state index contributed by atoms with van der Waals surface area (Å²) in [5, 5.41) is 12.2. The summed E-state index contributed by atoms with van der Waals surface area (Å²) in [7, 11) is 0. The van der Waals surface area contributed by atoms with Gasteiger partial charge in [0.05, 0.1) is 11.8 Å². The lowest BCUT2D eigenvalue weighted by Gasteiger charge is -2.08. The highest BCUT2D eigenvalue weighted by atomic mass is 19.4. The van der Waals surface area contributed by atoms with Crippen molar-refractivity contribution in [2.75, 3.05) is 0 Å². The standard InChI is InChI=1S/C16H17F3N6/c1-11(2)7-25-15(20-10-21-25)9-24-8-14(22-23-24)12-3-5-13(6-4-12)16(17,18)19/h3-6,8,10-11H,7,9H2,1-2H3. The van der Waals surface area contributed by atoms with Crippen molar-refractivity contribution in [3.63, 3.8) is 0 Å². The van der Waals surface area contributed by atoms with Crippen molar-refractivity contribution in [2.24, 2.45) is 5.92 Å². The molecule has 0 amide bonds. The number of hydrogen-bond acceptors (Lipinski definition) is 4. The van der Waals surface area contributed by atoms with E-state index in [2.05, 4.69) is 34.2 Å². The third-order valence-corrected chi connectivity index (χ3v) is 3.58. The molecule has 25 heavy (non-hydrogen) atoms. The molecule has 0 aliphatic rings. The van der Waals surface area contributed by atoms with Crippen LogP contribution in [0, 0.1) is 5.92 Å². The minimum Gasteiger partial charge on any atom is -0.248 e. The monoisotopic (exact) mass is 350 g/mol. The molecule has 9 heteroatoms. The first kappa shape index (κ1) is 17.1. The van der Waals surface area contributed by atoms with Crippen LogP contribution in [-0.2, 0) is 19.3 Å². The summed E-state index contributed by atoms with van der Waals surface area (Å²) in [4.78, 5) is 4.22. The Kier molecular flexibility index (Phi) is 4.56. The first-order chi connectivity index (χ1) is 11.8. The number of hydrogen-bond donors (Lipinski definition) is 0. The molecular formula is C16H17F3N6. The summed E-state index contributed by atoms with van der Waals surface area (Å²) in [6.45, 7) is 5.31. The third kappa shape index (κ3) is 4.04. The van der Waals surface area contributed by atoms with Crippen molar-refractivity contribution in [2.45, 2.75) is 33.1 Å². The smallest absolute Gasteiger partial charge is 0.248 e. The van der Waals surface area contributed by atoms with Crippen LogP contribution in [0.25, 0.3) is 11.3 Å². The number of nitrogens with zero attached hydrogens (tertiary/aromatic N) is 6. The Hall–Kier alpha value is -2.71. The van der Waals surface area contributed by atoms with E-state index in [1.807, 2.05) is 4.68 Å². The predicted octanol–water partition coefficient (Wildman–Crippen LogP) is 3.26. The maximum absolute atomic E-state index is 12.6.